The molecule has 1 amide bonds. The molecule has 24 heavy (non-hydrogen) atoms. The van der Waals surface area contributed by atoms with Crippen molar-refractivity contribution in [3.05, 3.63) is 29.8 Å². The van der Waals surface area contributed by atoms with E-state index < -0.39 is 10.0 Å². The van der Waals surface area contributed by atoms with Crippen LogP contribution >= 0.6 is 0 Å². The molecule has 1 N–H and O–H groups in total. The van der Waals surface area contributed by atoms with Crippen LogP contribution < -0.4 is 5.32 Å². The molecule has 1 aliphatic rings. The van der Waals surface area contributed by atoms with E-state index in [2.05, 4.69) is 5.32 Å². The normalized spacial score (nSPS) is 15.8. The molecule has 0 atom stereocenters. The lowest BCUT2D eigenvalue weighted by molar-refractivity contribution is -0.121. The van der Waals surface area contributed by atoms with Gasteiger partial charge in [0, 0.05) is 25.6 Å². The number of nitrogens with one attached hydrogen (secondary N) is 1. The third-order valence-electron chi connectivity index (χ3n) is 4.63. The Morgan fingerprint density at radius 3 is 2.25 bits per heavy atom. The molecule has 0 radical (unpaired) electrons. The van der Waals surface area contributed by atoms with E-state index in [0.717, 1.165) is 18.4 Å². The number of benzene rings is 1. The first-order valence-electron chi connectivity index (χ1n) is 8.85. The quantitative estimate of drug-likeness (QED) is 0.782. The van der Waals surface area contributed by atoms with E-state index in [1.54, 1.807) is 24.3 Å². The maximum atomic E-state index is 12.4. The molecule has 0 saturated heterocycles. The van der Waals surface area contributed by atoms with Gasteiger partial charge in [0.05, 0.1) is 4.90 Å². The summed E-state index contributed by atoms with van der Waals surface area (Å²) in [7, 11) is -3.41. The number of carbonyl (C=O) groups excluding carboxylic acids is 1. The van der Waals surface area contributed by atoms with Gasteiger partial charge in [-0.2, -0.15) is 4.31 Å². The number of hydrogen-bond donors (Lipinski definition) is 1. The summed E-state index contributed by atoms with van der Waals surface area (Å²) in [5.74, 6) is 0.0849. The van der Waals surface area contributed by atoms with Gasteiger partial charge in [-0.05, 0) is 37.0 Å². The largest absolute Gasteiger partial charge is 0.353 e. The Labute approximate surface area is 145 Å². The molecule has 0 heterocycles. The van der Waals surface area contributed by atoms with Crippen LogP contribution in [0.15, 0.2) is 29.2 Å². The Kier molecular flexibility index (Phi) is 6.80. The van der Waals surface area contributed by atoms with Crippen molar-refractivity contribution >= 4 is 15.9 Å². The fourth-order valence-electron chi connectivity index (χ4n) is 3.17. The molecule has 1 fully saturated rings. The molecule has 2 rings (SSSR count). The molecule has 1 saturated carbocycles. The van der Waals surface area contributed by atoms with Crippen molar-refractivity contribution in [3.63, 3.8) is 0 Å². The highest BCUT2D eigenvalue weighted by molar-refractivity contribution is 7.89. The predicted octanol–water partition coefficient (Wildman–Crippen LogP) is 2.71. The van der Waals surface area contributed by atoms with Crippen LogP contribution in [0.3, 0.4) is 0 Å². The molecule has 1 aromatic rings. The second-order valence-corrected chi connectivity index (χ2v) is 8.22. The van der Waals surface area contributed by atoms with Crippen LogP contribution in [0.5, 0.6) is 0 Å². The van der Waals surface area contributed by atoms with Crippen molar-refractivity contribution in [1.82, 2.24) is 9.62 Å². The summed E-state index contributed by atoms with van der Waals surface area (Å²) >= 11 is 0. The molecule has 0 bridgehead atoms. The zero-order valence-electron chi connectivity index (χ0n) is 14.6. The number of aryl methyl sites for hydroxylation is 1. The van der Waals surface area contributed by atoms with Gasteiger partial charge in [0.2, 0.25) is 15.9 Å². The molecular weight excluding hydrogens is 324 g/mol. The lowest BCUT2D eigenvalue weighted by Crippen LogP contribution is -2.32. The molecule has 0 aromatic heterocycles. The summed E-state index contributed by atoms with van der Waals surface area (Å²) in [4.78, 5) is 12.3. The van der Waals surface area contributed by atoms with Crippen LogP contribution in [0.1, 0.15) is 51.5 Å². The van der Waals surface area contributed by atoms with Gasteiger partial charge in [-0.1, -0.05) is 38.8 Å². The van der Waals surface area contributed by atoms with Crippen LogP contribution in [-0.4, -0.2) is 37.8 Å². The van der Waals surface area contributed by atoms with Crippen LogP contribution in [0.4, 0.5) is 0 Å². The van der Waals surface area contributed by atoms with E-state index in [1.165, 1.54) is 17.1 Å². The van der Waals surface area contributed by atoms with Crippen LogP contribution in [0, 0.1) is 0 Å². The van der Waals surface area contributed by atoms with E-state index in [9.17, 15) is 13.2 Å². The maximum absolute atomic E-state index is 12.4. The van der Waals surface area contributed by atoms with Crippen molar-refractivity contribution < 1.29 is 13.2 Å². The average molecular weight is 353 g/mol. The van der Waals surface area contributed by atoms with Gasteiger partial charge >= 0.3 is 0 Å². The molecule has 0 aliphatic heterocycles. The first kappa shape index (κ1) is 18.9. The molecular formula is C18H28N2O3S. The van der Waals surface area contributed by atoms with E-state index in [1.807, 2.05) is 13.8 Å². The molecule has 5 nitrogen and oxygen atoms in total. The topological polar surface area (TPSA) is 66.5 Å². The molecule has 6 heteroatoms. The molecule has 0 spiro atoms. The van der Waals surface area contributed by atoms with Gasteiger partial charge in [-0.3, -0.25) is 4.79 Å². The van der Waals surface area contributed by atoms with Gasteiger partial charge in [0.25, 0.3) is 0 Å². The van der Waals surface area contributed by atoms with E-state index in [-0.39, 0.29) is 5.91 Å². The molecule has 0 unspecified atom stereocenters. The Balaban J connectivity index is 1.91. The van der Waals surface area contributed by atoms with E-state index in [4.69, 9.17) is 0 Å². The average Bonchev–Trinajstić information content (AvgIpc) is 3.07. The van der Waals surface area contributed by atoms with Crippen LogP contribution in [0.2, 0.25) is 0 Å². The van der Waals surface area contributed by atoms with Gasteiger partial charge in [-0.15, -0.1) is 0 Å². The van der Waals surface area contributed by atoms with Gasteiger partial charge < -0.3 is 5.32 Å². The van der Waals surface area contributed by atoms with Crippen molar-refractivity contribution in [2.45, 2.75) is 63.3 Å². The number of sulfonamides is 1. The summed E-state index contributed by atoms with van der Waals surface area (Å²) in [5.41, 5.74) is 0.982. The zero-order valence-corrected chi connectivity index (χ0v) is 15.4. The van der Waals surface area contributed by atoms with E-state index >= 15 is 0 Å². The van der Waals surface area contributed by atoms with Crippen molar-refractivity contribution in [2.24, 2.45) is 0 Å². The second-order valence-electron chi connectivity index (χ2n) is 6.28. The first-order chi connectivity index (χ1) is 11.5. The highest BCUT2D eigenvalue weighted by atomic mass is 32.2. The minimum absolute atomic E-state index is 0.0849. The monoisotopic (exact) mass is 352 g/mol. The van der Waals surface area contributed by atoms with Gasteiger partial charge in [0.15, 0.2) is 0 Å². The van der Waals surface area contributed by atoms with Crippen LogP contribution in [-0.2, 0) is 21.2 Å². The molecule has 1 aliphatic carbocycles. The first-order valence-corrected chi connectivity index (χ1v) is 10.3. The van der Waals surface area contributed by atoms with Gasteiger partial charge in [-0.25, -0.2) is 8.42 Å². The number of amides is 1. The number of rotatable bonds is 8. The minimum atomic E-state index is -3.41. The lowest BCUT2D eigenvalue weighted by Gasteiger charge is -2.18. The Morgan fingerprint density at radius 1 is 1.12 bits per heavy atom. The fourth-order valence-corrected chi connectivity index (χ4v) is 4.63. The highest BCUT2D eigenvalue weighted by Gasteiger charge is 2.21. The summed E-state index contributed by atoms with van der Waals surface area (Å²) in [6, 6.07) is 7.23. The molecule has 1 aromatic carbocycles. The summed E-state index contributed by atoms with van der Waals surface area (Å²) in [5, 5.41) is 3.07. The van der Waals surface area contributed by atoms with Crippen molar-refractivity contribution in [2.75, 3.05) is 13.1 Å². The van der Waals surface area contributed by atoms with Crippen molar-refractivity contribution in [3.8, 4) is 0 Å². The second kappa shape index (κ2) is 8.62. The third kappa shape index (κ3) is 4.80. The number of carbonyl (C=O) groups is 1. The third-order valence-corrected chi connectivity index (χ3v) is 6.69. The smallest absolute Gasteiger partial charge is 0.243 e. The number of nitrogens with zero attached hydrogens (tertiary/aromatic N) is 1. The Hall–Kier alpha value is -1.40. The summed E-state index contributed by atoms with van der Waals surface area (Å²) in [6.07, 6.45) is 5.65. The maximum Gasteiger partial charge on any atom is 0.243 e. The number of hydrogen-bond acceptors (Lipinski definition) is 3. The Morgan fingerprint density at radius 2 is 1.71 bits per heavy atom. The zero-order chi connectivity index (χ0) is 17.6. The van der Waals surface area contributed by atoms with Crippen molar-refractivity contribution in [1.29, 1.82) is 0 Å². The van der Waals surface area contributed by atoms with Crippen LogP contribution in [0.25, 0.3) is 0 Å². The van der Waals surface area contributed by atoms with E-state index in [0.29, 0.717) is 36.9 Å². The predicted molar refractivity (Wildman–Crippen MR) is 95.3 cm³/mol. The lowest BCUT2D eigenvalue weighted by atomic mass is 10.1. The highest BCUT2D eigenvalue weighted by Crippen LogP contribution is 2.19. The summed E-state index contributed by atoms with van der Waals surface area (Å²) in [6.45, 7) is 4.58. The SMILES string of the molecule is CCN(CC)S(=O)(=O)c1ccc(CCC(=O)NC2CCCC2)cc1. The summed E-state index contributed by atoms with van der Waals surface area (Å²) < 4.78 is 26.3. The van der Waals surface area contributed by atoms with Gasteiger partial charge in [0.1, 0.15) is 0 Å². The fraction of sp³-hybridized carbons (Fsp3) is 0.611. The molecule has 134 valence electrons. The Bertz CT molecular complexity index is 631. The minimum Gasteiger partial charge on any atom is -0.353 e. The standard InChI is InChI=1S/C18H28N2O3S/c1-3-20(4-2)24(22,23)17-12-9-15(10-13-17)11-14-18(21)19-16-7-5-6-8-16/h9-10,12-13,16H,3-8,11,14H2,1-2H3,(H,19,21).